The van der Waals surface area contributed by atoms with Gasteiger partial charge in [-0.05, 0) is 47.4 Å². The van der Waals surface area contributed by atoms with Crippen LogP contribution in [0.2, 0.25) is 0 Å². The number of primary amides is 1. The highest BCUT2D eigenvalue weighted by Crippen LogP contribution is 2.35. The van der Waals surface area contributed by atoms with E-state index in [1.807, 2.05) is 48.5 Å². The molecule has 0 aliphatic carbocycles. The van der Waals surface area contributed by atoms with E-state index in [-0.39, 0.29) is 13.0 Å². The molecule has 0 saturated carbocycles. The number of nitrogens with two attached hydrogens (primary N) is 1. The summed E-state index contributed by atoms with van der Waals surface area (Å²) in [4.78, 5) is 59.9. The van der Waals surface area contributed by atoms with Crippen LogP contribution in [0.5, 0.6) is 5.75 Å². The maximum absolute atomic E-state index is 12.9. The predicted octanol–water partition coefficient (Wildman–Crippen LogP) is 3.06. The minimum atomic E-state index is -1.12. The molecule has 16 heteroatoms. The van der Waals surface area contributed by atoms with E-state index < -0.39 is 54.8 Å². The molecule has 306 valence electrons. The molecule has 0 fully saturated rings. The van der Waals surface area contributed by atoms with Crippen LogP contribution in [0.15, 0.2) is 60.7 Å². The van der Waals surface area contributed by atoms with E-state index in [0.717, 1.165) is 34.9 Å². The molecular weight excluding hydrogens is 726 g/mol. The number of hydrogen-bond acceptors (Lipinski definition) is 10. The van der Waals surface area contributed by atoms with Crippen molar-refractivity contribution < 1.29 is 52.8 Å². The molecule has 5 amide bonds. The van der Waals surface area contributed by atoms with Gasteiger partial charge >= 0.3 is 12.0 Å². The smallest absolute Gasteiger partial charge is 0.312 e. The SMILES string of the molecule is CCCOCCOCCOCCOCCOc1ccc(-c2ccc(C(CC(=O)O)NC(=O)CNC(=O)C(CCCNC(N)=O)NC(C)=O)cc2)c2ccccc12. The van der Waals surface area contributed by atoms with Gasteiger partial charge in [0.2, 0.25) is 17.7 Å². The van der Waals surface area contributed by atoms with Crippen molar-refractivity contribution in [3.8, 4) is 16.9 Å². The minimum absolute atomic E-state index is 0.186. The van der Waals surface area contributed by atoms with Crippen LogP contribution < -0.4 is 31.7 Å². The highest BCUT2D eigenvalue weighted by Gasteiger charge is 2.22. The van der Waals surface area contributed by atoms with Crippen LogP contribution in [0.25, 0.3) is 21.9 Å². The Labute approximate surface area is 327 Å². The lowest BCUT2D eigenvalue weighted by Crippen LogP contribution is -2.49. The van der Waals surface area contributed by atoms with Crippen molar-refractivity contribution in [2.45, 2.75) is 51.6 Å². The van der Waals surface area contributed by atoms with E-state index >= 15 is 0 Å². The van der Waals surface area contributed by atoms with Gasteiger partial charge in [0, 0.05) is 25.5 Å². The number of benzene rings is 3. The number of ether oxygens (including phenoxy) is 5. The fraction of sp³-hybridized carbons (Fsp3) is 0.475. The van der Waals surface area contributed by atoms with E-state index in [0.29, 0.717) is 70.6 Å². The largest absolute Gasteiger partial charge is 0.491 e. The molecule has 16 nitrogen and oxygen atoms in total. The Balaban J connectivity index is 1.53. The Hall–Kier alpha value is -5.29. The molecule has 3 aromatic rings. The van der Waals surface area contributed by atoms with Crippen LogP contribution in [0.1, 0.15) is 51.1 Å². The highest BCUT2D eigenvalue weighted by atomic mass is 16.6. The summed E-state index contributed by atoms with van der Waals surface area (Å²) in [6, 6.07) is 16.4. The lowest BCUT2D eigenvalue weighted by Gasteiger charge is -2.20. The van der Waals surface area contributed by atoms with Gasteiger partial charge in [-0.15, -0.1) is 0 Å². The lowest BCUT2D eigenvalue weighted by molar-refractivity contribution is -0.138. The molecule has 3 rings (SSSR count). The number of amides is 5. The van der Waals surface area contributed by atoms with Crippen molar-refractivity contribution in [1.29, 1.82) is 0 Å². The Bertz CT molecular complexity index is 1690. The molecule has 56 heavy (non-hydrogen) atoms. The topological polar surface area (TPSA) is 226 Å². The molecule has 0 aliphatic heterocycles. The third-order valence-electron chi connectivity index (χ3n) is 8.26. The number of fused-ring (bicyclic) bond motifs is 1. The van der Waals surface area contributed by atoms with Gasteiger partial charge in [-0.2, -0.15) is 0 Å². The molecule has 7 N–H and O–H groups in total. The monoisotopic (exact) mass is 781 g/mol. The summed E-state index contributed by atoms with van der Waals surface area (Å²) in [7, 11) is 0. The zero-order valence-electron chi connectivity index (χ0n) is 32.1. The van der Waals surface area contributed by atoms with Crippen LogP contribution in [-0.4, -0.2) is 113 Å². The maximum Gasteiger partial charge on any atom is 0.312 e. The predicted molar refractivity (Wildman–Crippen MR) is 209 cm³/mol. The number of nitrogens with one attached hydrogen (secondary N) is 4. The van der Waals surface area contributed by atoms with Gasteiger partial charge in [-0.25, -0.2) is 4.79 Å². The first-order chi connectivity index (χ1) is 27.1. The van der Waals surface area contributed by atoms with Crippen LogP contribution in [0, 0.1) is 0 Å². The van der Waals surface area contributed by atoms with E-state index in [9.17, 15) is 29.1 Å². The number of carboxylic acid groups (broad SMARTS) is 1. The van der Waals surface area contributed by atoms with Gasteiger partial charge in [0.1, 0.15) is 18.4 Å². The van der Waals surface area contributed by atoms with Crippen molar-refractivity contribution in [1.82, 2.24) is 21.3 Å². The van der Waals surface area contributed by atoms with Gasteiger partial charge in [0.15, 0.2) is 0 Å². The quantitative estimate of drug-likeness (QED) is 0.0587. The van der Waals surface area contributed by atoms with Crippen molar-refractivity contribution in [3.05, 3.63) is 66.2 Å². The van der Waals surface area contributed by atoms with Crippen molar-refractivity contribution in [3.63, 3.8) is 0 Å². The normalized spacial score (nSPS) is 12.0. The molecule has 2 atom stereocenters. The zero-order chi connectivity index (χ0) is 40.5. The van der Waals surface area contributed by atoms with E-state index in [1.54, 1.807) is 12.1 Å². The fourth-order valence-corrected chi connectivity index (χ4v) is 5.66. The first-order valence-electron chi connectivity index (χ1n) is 18.7. The number of carbonyl (C=O) groups excluding carboxylic acids is 4. The molecule has 2 unspecified atom stereocenters. The fourth-order valence-electron chi connectivity index (χ4n) is 5.66. The molecule has 0 aromatic heterocycles. The number of rotatable bonds is 28. The number of urea groups is 1. The zero-order valence-corrected chi connectivity index (χ0v) is 32.1. The Morgan fingerprint density at radius 3 is 1.93 bits per heavy atom. The summed E-state index contributed by atoms with van der Waals surface area (Å²) in [5, 5.41) is 21.6. The summed E-state index contributed by atoms with van der Waals surface area (Å²) < 4.78 is 28.1. The highest BCUT2D eigenvalue weighted by molar-refractivity contribution is 6.00. The molecule has 0 aliphatic rings. The summed E-state index contributed by atoms with van der Waals surface area (Å²) in [5.41, 5.74) is 7.42. The van der Waals surface area contributed by atoms with Gasteiger partial charge < -0.3 is 55.8 Å². The van der Waals surface area contributed by atoms with Crippen LogP contribution in [0.4, 0.5) is 4.79 Å². The van der Waals surface area contributed by atoms with Crippen LogP contribution in [0.3, 0.4) is 0 Å². The van der Waals surface area contributed by atoms with Crippen molar-refractivity contribution in [2.24, 2.45) is 5.73 Å². The second-order valence-corrected chi connectivity index (χ2v) is 12.7. The number of carbonyl (C=O) groups is 5. The summed E-state index contributed by atoms with van der Waals surface area (Å²) >= 11 is 0. The van der Waals surface area contributed by atoms with E-state index in [2.05, 4.69) is 28.2 Å². The number of aliphatic carboxylic acids is 1. The van der Waals surface area contributed by atoms with Crippen LogP contribution in [-0.2, 0) is 38.1 Å². The Morgan fingerprint density at radius 1 is 0.732 bits per heavy atom. The number of hydrogen-bond donors (Lipinski definition) is 6. The average molecular weight is 782 g/mol. The van der Waals surface area contributed by atoms with Crippen LogP contribution >= 0.6 is 0 Å². The Morgan fingerprint density at radius 2 is 1.34 bits per heavy atom. The maximum atomic E-state index is 12.9. The molecule has 0 radical (unpaired) electrons. The summed E-state index contributed by atoms with van der Waals surface area (Å²) in [6.07, 6.45) is 1.13. The van der Waals surface area contributed by atoms with E-state index in [4.69, 9.17) is 29.4 Å². The third-order valence-corrected chi connectivity index (χ3v) is 8.26. The lowest BCUT2D eigenvalue weighted by atomic mass is 9.95. The average Bonchev–Trinajstić information content (AvgIpc) is 3.17. The molecule has 0 bridgehead atoms. The standard InChI is InChI=1S/C40H55N5O11/c1-3-17-52-18-19-53-20-21-54-22-23-55-24-25-56-36-15-14-31(32-7-4-5-8-33(32)36)29-10-12-30(13-11-29)35(26-38(48)49)45-37(47)27-43-39(50)34(44-28(2)46)9-6-16-42-40(41)51/h4-5,7-8,10-15,34-35H,3,6,9,16-27H2,1-2H3,(H,43,50)(H,44,46)(H,45,47)(H,48,49)(H3,41,42,51). The number of carboxylic acids is 1. The summed E-state index contributed by atoms with van der Waals surface area (Å²) in [6.45, 7) is 7.58. The second-order valence-electron chi connectivity index (χ2n) is 12.7. The van der Waals surface area contributed by atoms with Gasteiger partial charge in [-0.1, -0.05) is 61.5 Å². The Kier molecular flexibility index (Phi) is 20.7. The first kappa shape index (κ1) is 45.1. The van der Waals surface area contributed by atoms with E-state index in [1.165, 1.54) is 6.92 Å². The summed E-state index contributed by atoms with van der Waals surface area (Å²) in [5.74, 6) is -2.07. The molecule has 3 aromatic carbocycles. The van der Waals surface area contributed by atoms with Crippen molar-refractivity contribution >= 4 is 40.5 Å². The molecule has 0 spiro atoms. The third kappa shape index (κ3) is 17.0. The molecule has 0 saturated heterocycles. The van der Waals surface area contributed by atoms with Crippen molar-refractivity contribution in [2.75, 3.05) is 72.6 Å². The first-order valence-corrected chi connectivity index (χ1v) is 18.7. The minimum Gasteiger partial charge on any atom is -0.491 e. The van der Waals surface area contributed by atoms with Gasteiger partial charge in [0.25, 0.3) is 0 Å². The molecule has 0 heterocycles. The van der Waals surface area contributed by atoms with Gasteiger partial charge in [-0.3, -0.25) is 19.2 Å². The molecular formula is C40H55N5O11. The van der Waals surface area contributed by atoms with Gasteiger partial charge in [0.05, 0.1) is 65.3 Å². The second kappa shape index (κ2) is 25.7.